The summed E-state index contributed by atoms with van der Waals surface area (Å²) in [6, 6.07) is 7.71. The normalized spacial score (nSPS) is 11.4. The predicted molar refractivity (Wildman–Crippen MR) is 67.8 cm³/mol. The number of hydrogen-bond acceptors (Lipinski definition) is 2. The van der Waals surface area contributed by atoms with Crippen molar-refractivity contribution in [3.8, 4) is 18.1 Å². The molecule has 0 saturated carbocycles. The molecular weight excluding hydrogens is 214 g/mol. The lowest BCUT2D eigenvalue weighted by Gasteiger charge is -2.14. The zero-order valence-electron chi connectivity index (χ0n) is 10.2. The van der Waals surface area contributed by atoms with Crippen LogP contribution in [0.2, 0.25) is 0 Å². The highest BCUT2D eigenvalue weighted by atomic mass is 16.5. The number of terminal acetylenes is 1. The van der Waals surface area contributed by atoms with Crippen LogP contribution in [0.3, 0.4) is 0 Å². The lowest BCUT2D eigenvalue weighted by atomic mass is 10.2. The second kappa shape index (κ2) is 6.59. The third kappa shape index (κ3) is 4.20. The van der Waals surface area contributed by atoms with Gasteiger partial charge in [0, 0.05) is 0 Å². The van der Waals surface area contributed by atoms with Crippen molar-refractivity contribution in [1.29, 1.82) is 0 Å². The summed E-state index contributed by atoms with van der Waals surface area (Å²) in [7, 11) is 0. The number of aryl methyl sites for hydroxylation is 1. The molecule has 0 bridgehead atoms. The van der Waals surface area contributed by atoms with Gasteiger partial charge in [-0.1, -0.05) is 25.0 Å². The van der Waals surface area contributed by atoms with E-state index in [0.717, 1.165) is 6.42 Å². The van der Waals surface area contributed by atoms with Gasteiger partial charge in [0.1, 0.15) is 5.75 Å². The predicted octanol–water partition coefficient (Wildman–Crippen LogP) is 1.77. The fraction of sp³-hybridized carbons (Fsp3) is 0.357. The topological polar surface area (TPSA) is 38.3 Å². The van der Waals surface area contributed by atoms with Crippen LogP contribution in [0.4, 0.5) is 0 Å². The van der Waals surface area contributed by atoms with Gasteiger partial charge in [-0.2, -0.15) is 0 Å². The van der Waals surface area contributed by atoms with E-state index in [9.17, 15) is 4.79 Å². The van der Waals surface area contributed by atoms with E-state index in [1.165, 1.54) is 5.56 Å². The molecule has 17 heavy (non-hydrogen) atoms. The highest BCUT2D eigenvalue weighted by Gasteiger charge is 2.13. The second-order valence-corrected chi connectivity index (χ2v) is 3.68. The first-order valence-electron chi connectivity index (χ1n) is 5.64. The van der Waals surface area contributed by atoms with E-state index in [1.807, 2.05) is 24.3 Å². The Morgan fingerprint density at radius 2 is 2.35 bits per heavy atom. The number of nitrogens with one attached hydrogen (secondary N) is 1. The van der Waals surface area contributed by atoms with Gasteiger partial charge in [-0.25, -0.2) is 0 Å². The van der Waals surface area contributed by atoms with Crippen LogP contribution in [0.15, 0.2) is 24.3 Å². The molecule has 0 radical (unpaired) electrons. The number of ether oxygens (including phenoxy) is 1. The summed E-state index contributed by atoms with van der Waals surface area (Å²) in [4.78, 5) is 11.5. The molecule has 0 spiro atoms. The van der Waals surface area contributed by atoms with E-state index in [4.69, 9.17) is 11.2 Å². The van der Waals surface area contributed by atoms with Gasteiger partial charge in [0.15, 0.2) is 6.10 Å². The lowest BCUT2D eigenvalue weighted by molar-refractivity contribution is -0.126. The third-order valence-electron chi connectivity index (χ3n) is 2.35. The van der Waals surface area contributed by atoms with Crippen molar-refractivity contribution in [2.24, 2.45) is 0 Å². The van der Waals surface area contributed by atoms with Gasteiger partial charge in [0.25, 0.3) is 5.91 Å². The average Bonchev–Trinajstić information content (AvgIpc) is 2.36. The van der Waals surface area contributed by atoms with E-state index in [-0.39, 0.29) is 12.5 Å². The number of carbonyl (C=O) groups is 1. The summed E-state index contributed by atoms with van der Waals surface area (Å²) in [6.07, 6.45) is 5.46. The molecule has 1 amide bonds. The molecule has 1 rings (SSSR count). The molecule has 1 N–H and O–H groups in total. The highest BCUT2D eigenvalue weighted by molar-refractivity contribution is 5.80. The molecule has 1 atom stereocenters. The lowest BCUT2D eigenvalue weighted by Crippen LogP contribution is -2.36. The Hall–Kier alpha value is -1.95. The van der Waals surface area contributed by atoms with Crippen LogP contribution in [0.1, 0.15) is 19.4 Å². The maximum absolute atomic E-state index is 11.5. The van der Waals surface area contributed by atoms with E-state index in [1.54, 1.807) is 6.92 Å². The Kier molecular flexibility index (Phi) is 5.09. The maximum atomic E-state index is 11.5. The van der Waals surface area contributed by atoms with Gasteiger partial charge in [0.05, 0.1) is 6.54 Å². The molecular formula is C14H17NO2. The maximum Gasteiger partial charge on any atom is 0.261 e. The number of benzene rings is 1. The number of amides is 1. The molecule has 0 saturated heterocycles. The van der Waals surface area contributed by atoms with Crippen molar-refractivity contribution >= 4 is 5.91 Å². The SMILES string of the molecule is C#CCNC(=O)C(C)Oc1cccc(CC)c1. The largest absolute Gasteiger partial charge is 0.481 e. The van der Waals surface area contributed by atoms with Crippen LogP contribution in [0, 0.1) is 12.3 Å². The summed E-state index contributed by atoms with van der Waals surface area (Å²) in [6.45, 7) is 3.99. The molecule has 1 aromatic carbocycles. The van der Waals surface area contributed by atoms with Gasteiger partial charge >= 0.3 is 0 Å². The summed E-state index contributed by atoms with van der Waals surface area (Å²) in [5.41, 5.74) is 1.18. The molecule has 90 valence electrons. The average molecular weight is 231 g/mol. The molecule has 0 aromatic heterocycles. The van der Waals surface area contributed by atoms with Gasteiger partial charge in [0.2, 0.25) is 0 Å². The standard InChI is InChI=1S/C14H17NO2/c1-4-9-15-14(16)11(3)17-13-8-6-7-12(5-2)10-13/h1,6-8,10-11H,5,9H2,2-3H3,(H,15,16). The monoisotopic (exact) mass is 231 g/mol. The smallest absolute Gasteiger partial charge is 0.261 e. The van der Waals surface area contributed by atoms with Crippen LogP contribution in [0.5, 0.6) is 5.75 Å². The molecule has 0 aliphatic rings. The zero-order chi connectivity index (χ0) is 12.7. The molecule has 1 aromatic rings. The Morgan fingerprint density at radius 3 is 3.00 bits per heavy atom. The summed E-state index contributed by atoms with van der Waals surface area (Å²) < 4.78 is 5.54. The highest BCUT2D eigenvalue weighted by Crippen LogP contribution is 2.15. The minimum atomic E-state index is -0.546. The van der Waals surface area contributed by atoms with Crippen molar-refractivity contribution in [2.45, 2.75) is 26.4 Å². The van der Waals surface area contributed by atoms with Crippen molar-refractivity contribution in [3.63, 3.8) is 0 Å². The first-order valence-corrected chi connectivity index (χ1v) is 5.64. The summed E-state index contributed by atoms with van der Waals surface area (Å²) >= 11 is 0. The molecule has 3 heteroatoms. The van der Waals surface area contributed by atoms with Gasteiger partial charge in [-0.15, -0.1) is 6.42 Å². The molecule has 0 fully saturated rings. The van der Waals surface area contributed by atoms with E-state index < -0.39 is 6.10 Å². The van der Waals surface area contributed by atoms with Crippen LogP contribution < -0.4 is 10.1 Å². The van der Waals surface area contributed by atoms with Crippen LogP contribution >= 0.6 is 0 Å². The molecule has 0 heterocycles. The Morgan fingerprint density at radius 1 is 1.59 bits per heavy atom. The molecule has 1 unspecified atom stereocenters. The molecule has 0 aliphatic carbocycles. The Balaban J connectivity index is 2.58. The van der Waals surface area contributed by atoms with Crippen molar-refractivity contribution in [1.82, 2.24) is 5.32 Å². The fourth-order valence-corrected chi connectivity index (χ4v) is 1.38. The number of hydrogen-bond donors (Lipinski definition) is 1. The first kappa shape index (κ1) is 13.1. The minimum absolute atomic E-state index is 0.204. The van der Waals surface area contributed by atoms with Crippen LogP contribution in [-0.2, 0) is 11.2 Å². The Bertz CT molecular complexity index is 420. The van der Waals surface area contributed by atoms with E-state index in [2.05, 4.69) is 18.2 Å². The van der Waals surface area contributed by atoms with E-state index in [0.29, 0.717) is 5.75 Å². The van der Waals surface area contributed by atoms with Crippen molar-refractivity contribution in [2.75, 3.05) is 6.54 Å². The van der Waals surface area contributed by atoms with Gasteiger partial charge < -0.3 is 10.1 Å². The zero-order valence-corrected chi connectivity index (χ0v) is 10.2. The quantitative estimate of drug-likeness (QED) is 0.784. The molecule has 0 aliphatic heterocycles. The minimum Gasteiger partial charge on any atom is -0.481 e. The third-order valence-corrected chi connectivity index (χ3v) is 2.35. The van der Waals surface area contributed by atoms with Gasteiger partial charge in [-0.3, -0.25) is 4.79 Å². The van der Waals surface area contributed by atoms with Gasteiger partial charge in [-0.05, 0) is 31.0 Å². The second-order valence-electron chi connectivity index (χ2n) is 3.68. The molecule has 3 nitrogen and oxygen atoms in total. The first-order chi connectivity index (χ1) is 8.17. The van der Waals surface area contributed by atoms with Crippen LogP contribution in [-0.4, -0.2) is 18.6 Å². The fourth-order valence-electron chi connectivity index (χ4n) is 1.38. The van der Waals surface area contributed by atoms with Crippen LogP contribution in [0.25, 0.3) is 0 Å². The number of rotatable bonds is 5. The summed E-state index contributed by atoms with van der Waals surface area (Å²) in [5.74, 6) is 2.85. The summed E-state index contributed by atoms with van der Waals surface area (Å²) in [5, 5.41) is 2.58. The number of carbonyl (C=O) groups excluding carboxylic acids is 1. The van der Waals surface area contributed by atoms with Crippen molar-refractivity contribution < 1.29 is 9.53 Å². The Labute approximate surface area is 102 Å². The van der Waals surface area contributed by atoms with Crippen molar-refractivity contribution in [3.05, 3.63) is 29.8 Å². The van der Waals surface area contributed by atoms with E-state index >= 15 is 0 Å².